The molecule has 5 rings (SSSR count). The van der Waals surface area contributed by atoms with E-state index in [1.165, 1.54) is 0 Å². The van der Waals surface area contributed by atoms with Gasteiger partial charge in [0.2, 0.25) is 5.91 Å². The highest BCUT2D eigenvalue weighted by Gasteiger charge is 2.53. The standard InChI is InChI=1S/C25H28N6O2/c1-30-21-9-6-17(25(10-11-25)23(33)31-12-2-3-13-31)15-19(21)29-20(22(30)32)14-16-4-7-18(8-5-16)28-24(26)27/h4-9,15H,2-3,10-14H2,1H3,(H4,26,27,28). The van der Waals surface area contributed by atoms with Crippen molar-refractivity contribution in [1.82, 2.24) is 14.5 Å². The first-order chi connectivity index (χ1) is 15.9. The van der Waals surface area contributed by atoms with Crippen molar-refractivity contribution in [1.29, 1.82) is 0 Å². The van der Waals surface area contributed by atoms with E-state index in [0.717, 1.165) is 60.9 Å². The Morgan fingerprint density at radius 1 is 1.09 bits per heavy atom. The van der Waals surface area contributed by atoms with Gasteiger partial charge in [0, 0.05) is 26.6 Å². The summed E-state index contributed by atoms with van der Waals surface area (Å²) in [5.41, 5.74) is 14.9. The van der Waals surface area contributed by atoms with Crippen LogP contribution in [0.5, 0.6) is 0 Å². The maximum Gasteiger partial charge on any atom is 0.272 e. The monoisotopic (exact) mass is 444 g/mol. The van der Waals surface area contributed by atoms with E-state index in [9.17, 15) is 9.59 Å². The number of aromatic nitrogens is 2. The maximum absolute atomic E-state index is 13.2. The van der Waals surface area contributed by atoms with Gasteiger partial charge in [-0.1, -0.05) is 18.2 Å². The van der Waals surface area contributed by atoms with Gasteiger partial charge in [0.15, 0.2) is 5.96 Å². The number of nitrogens with two attached hydrogens (primary N) is 2. The summed E-state index contributed by atoms with van der Waals surface area (Å²) in [6.45, 7) is 1.71. The molecule has 170 valence electrons. The fourth-order valence-electron chi connectivity index (χ4n) is 4.81. The first-order valence-electron chi connectivity index (χ1n) is 11.4. The molecule has 8 heteroatoms. The average Bonchev–Trinajstić information content (AvgIpc) is 3.43. The van der Waals surface area contributed by atoms with E-state index in [2.05, 4.69) is 4.99 Å². The third-order valence-electron chi connectivity index (χ3n) is 6.82. The summed E-state index contributed by atoms with van der Waals surface area (Å²) in [5, 5.41) is 0. The molecule has 2 fully saturated rings. The number of amides is 1. The van der Waals surface area contributed by atoms with Crippen molar-refractivity contribution >= 4 is 28.6 Å². The van der Waals surface area contributed by atoms with Gasteiger partial charge in [0.05, 0.1) is 22.1 Å². The van der Waals surface area contributed by atoms with Gasteiger partial charge in [-0.3, -0.25) is 9.59 Å². The van der Waals surface area contributed by atoms with Crippen LogP contribution in [0, 0.1) is 0 Å². The van der Waals surface area contributed by atoms with Crippen LogP contribution in [-0.2, 0) is 23.7 Å². The number of rotatable bonds is 5. The number of guanidine groups is 1. The Bertz CT molecular complexity index is 1310. The molecule has 1 saturated carbocycles. The van der Waals surface area contributed by atoms with E-state index in [0.29, 0.717) is 17.8 Å². The van der Waals surface area contributed by atoms with Gasteiger partial charge in [0.25, 0.3) is 5.56 Å². The van der Waals surface area contributed by atoms with Gasteiger partial charge in [-0.15, -0.1) is 0 Å². The number of aliphatic imine (C=N–C) groups is 1. The predicted octanol–water partition coefficient (Wildman–Crippen LogP) is 2.08. The summed E-state index contributed by atoms with van der Waals surface area (Å²) in [4.78, 5) is 36.9. The highest BCUT2D eigenvalue weighted by atomic mass is 16.2. The number of carbonyl (C=O) groups is 1. The zero-order valence-corrected chi connectivity index (χ0v) is 18.8. The Kier molecular flexibility index (Phi) is 5.15. The molecule has 1 aromatic heterocycles. The van der Waals surface area contributed by atoms with Crippen molar-refractivity contribution in [2.45, 2.75) is 37.5 Å². The molecular weight excluding hydrogens is 416 g/mol. The van der Waals surface area contributed by atoms with Crippen molar-refractivity contribution < 1.29 is 4.79 Å². The molecule has 0 unspecified atom stereocenters. The quantitative estimate of drug-likeness (QED) is 0.461. The van der Waals surface area contributed by atoms with Crippen LogP contribution in [0.15, 0.2) is 52.3 Å². The lowest BCUT2D eigenvalue weighted by atomic mass is 9.93. The smallest absolute Gasteiger partial charge is 0.272 e. The molecule has 0 bridgehead atoms. The van der Waals surface area contributed by atoms with Crippen LogP contribution in [0.3, 0.4) is 0 Å². The summed E-state index contributed by atoms with van der Waals surface area (Å²) in [5.74, 6) is 0.241. The largest absolute Gasteiger partial charge is 0.370 e. The van der Waals surface area contributed by atoms with Crippen molar-refractivity contribution in [3.63, 3.8) is 0 Å². The van der Waals surface area contributed by atoms with Crippen LogP contribution in [0.1, 0.15) is 42.5 Å². The first kappa shape index (κ1) is 21.2. The second-order valence-electron chi connectivity index (χ2n) is 9.09. The van der Waals surface area contributed by atoms with Gasteiger partial charge >= 0.3 is 0 Å². The fraction of sp³-hybridized carbons (Fsp3) is 0.360. The molecule has 1 amide bonds. The van der Waals surface area contributed by atoms with Crippen LogP contribution < -0.4 is 17.0 Å². The zero-order valence-electron chi connectivity index (χ0n) is 18.8. The molecule has 2 aliphatic rings. The Labute approximate surface area is 191 Å². The van der Waals surface area contributed by atoms with Gasteiger partial charge in [0.1, 0.15) is 5.69 Å². The minimum atomic E-state index is -0.420. The summed E-state index contributed by atoms with van der Waals surface area (Å²) in [7, 11) is 1.76. The van der Waals surface area contributed by atoms with E-state index in [-0.39, 0.29) is 17.4 Å². The highest BCUT2D eigenvalue weighted by Crippen LogP contribution is 2.50. The number of carbonyl (C=O) groups excluding carboxylic acids is 1. The lowest BCUT2D eigenvalue weighted by Crippen LogP contribution is -2.37. The first-order valence-corrected chi connectivity index (χ1v) is 11.4. The normalized spacial score (nSPS) is 16.7. The molecule has 1 aliphatic carbocycles. The molecule has 2 aromatic carbocycles. The predicted molar refractivity (Wildman–Crippen MR) is 128 cm³/mol. The Hall–Kier alpha value is -3.68. The molecule has 1 aliphatic heterocycles. The number of benzene rings is 2. The minimum absolute atomic E-state index is 0.000247. The molecule has 3 aromatic rings. The number of aryl methyl sites for hydroxylation is 1. The SMILES string of the molecule is Cn1c(=O)c(Cc2ccc(N=C(N)N)cc2)nc2cc(C3(C(=O)N4CCCC4)CC3)ccc21. The fourth-order valence-corrected chi connectivity index (χ4v) is 4.81. The lowest BCUT2D eigenvalue weighted by molar-refractivity contribution is -0.132. The number of hydrogen-bond donors (Lipinski definition) is 2. The van der Waals surface area contributed by atoms with Gasteiger partial charge < -0.3 is 20.9 Å². The maximum atomic E-state index is 13.2. The van der Waals surface area contributed by atoms with Gasteiger partial charge in [-0.2, -0.15) is 0 Å². The van der Waals surface area contributed by atoms with E-state index in [1.54, 1.807) is 23.7 Å². The molecule has 0 spiro atoms. The second kappa shape index (κ2) is 8.03. The molecule has 33 heavy (non-hydrogen) atoms. The van der Waals surface area contributed by atoms with E-state index in [1.807, 2.05) is 35.2 Å². The van der Waals surface area contributed by atoms with Crippen molar-refractivity contribution in [3.8, 4) is 0 Å². The van der Waals surface area contributed by atoms with E-state index >= 15 is 0 Å². The molecule has 8 nitrogen and oxygen atoms in total. The molecule has 2 heterocycles. The topological polar surface area (TPSA) is 120 Å². The third-order valence-corrected chi connectivity index (χ3v) is 6.82. The van der Waals surface area contributed by atoms with Crippen LogP contribution in [0.2, 0.25) is 0 Å². The van der Waals surface area contributed by atoms with Gasteiger partial charge in [-0.25, -0.2) is 9.98 Å². The van der Waals surface area contributed by atoms with Crippen LogP contribution in [0.4, 0.5) is 5.69 Å². The Balaban J connectivity index is 1.48. The molecular formula is C25H28N6O2. The van der Waals surface area contributed by atoms with Crippen molar-refractivity contribution in [2.24, 2.45) is 23.5 Å². The average molecular weight is 445 g/mol. The summed E-state index contributed by atoms with van der Waals surface area (Å²) >= 11 is 0. The van der Waals surface area contributed by atoms with Crippen molar-refractivity contribution in [2.75, 3.05) is 13.1 Å². The Morgan fingerprint density at radius 3 is 2.42 bits per heavy atom. The molecule has 1 saturated heterocycles. The summed E-state index contributed by atoms with van der Waals surface area (Å²) in [6.07, 6.45) is 4.30. The Morgan fingerprint density at radius 2 is 1.79 bits per heavy atom. The summed E-state index contributed by atoms with van der Waals surface area (Å²) < 4.78 is 1.64. The lowest BCUT2D eigenvalue weighted by Gasteiger charge is -2.23. The number of fused-ring (bicyclic) bond motifs is 1. The number of likely N-dealkylation sites (tertiary alicyclic amines) is 1. The van der Waals surface area contributed by atoms with Crippen molar-refractivity contribution in [3.05, 3.63) is 69.6 Å². The second-order valence-corrected chi connectivity index (χ2v) is 9.09. The summed E-state index contributed by atoms with van der Waals surface area (Å²) in [6, 6.07) is 13.3. The highest BCUT2D eigenvalue weighted by molar-refractivity contribution is 5.92. The number of hydrogen-bond acceptors (Lipinski definition) is 4. The molecule has 0 atom stereocenters. The van der Waals surface area contributed by atoms with E-state index < -0.39 is 5.41 Å². The molecule has 4 N–H and O–H groups in total. The zero-order chi connectivity index (χ0) is 23.2. The van der Waals surface area contributed by atoms with Crippen LogP contribution in [-0.4, -0.2) is 39.4 Å². The molecule has 0 radical (unpaired) electrons. The number of nitrogens with zero attached hydrogens (tertiary/aromatic N) is 4. The van der Waals surface area contributed by atoms with E-state index in [4.69, 9.17) is 16.5 Å². The van der Waals surface area contributed by atoms with Gasteiger partial charge in [-0.05, 0) is 61.1 Å². The third kappa shape index (κ3) is 3.86. The van der Waals surface area contributed by atoms with Crippen LogP contribution in [0.25, 0.3) is 11.0 Å². The van der Waals surface area contributed by atoms with Crippen LogP contribution >= 0.6 is 0 Å². The minimum Gasteiger partial charge on any atom is -0.370 e.